The Hall–Kier alpha value is -2.81. The number of hydrogen-bond donors (Lipinski definition) is 7. The molecular formula is C13H21N5O4. The molecule has 1 rings (SSSR count). The number of para-hydroxylation sites is 1. The van der Waals surface area contributed by atoms with Gasteiger partial charge in [0.05, 0.1) is 5.56 Å². The number of anilines is 1. The standard InChI is InChI=1S/C7H7NO2.C6H14N4O2/c8-6-4-2-1-3-5(6)7(9)10;7-4(5(11)12)2-1-3-10-6(8)9/h1-4H,8H2,(H,9,10);4H,1-3,7H2,(H,11,12)(H4,8,9,10)/t;4-/m.0/s1. The van der Waals surface area contributed by atoms with Crippen molar-refractivity contribution in [1.29, 1.82) is 5.41 Å². The van der Waals surface area contributed by atoms with Crippen molar-refractivity contribution in [1.82, 2.24) is 5.32 Å². The highest BCUT2D eigenvalue weighted by Crippen LogP contribution is 2.09. The molecule has 0 aliphatic heterocycles. The van der Waals surface area contributed by atoms with Gasteiger partial charge >= 0.3 is 11.9 Å². The number of benzene rings is 1. The fourth-order valence-corrected chi connectivity index (χ4v) is 1.36. The molecule has 22 heavy (non-hydrogen) atoms. The Morgan fingerprint density at radius 2 is 1.86 bits per heavy atom. The Bertz CT molecular complexity index is 521. The van der Waals surface area contributed by atoms with Crippen molar-refractivity contribution in [2.75, 3.05) is 12.3 Å². The number of carbonyl (C=O) groups is 2. The van der Waals surface area contributed by atoms with Crippen molar-refractivity contribution in [3.8, 4) is 0 Å². The lowest BCUT2D eigenvalue weighted by molar-refractivity contribution is -0.138. The van der Waals surface area contributed by atoms with Crippen LogP contribution in [0.2, 0.25) is 0 Å². The molecule has 9 nitrogen and oxygen atoms in total. The van der Waals surface area contributed by atoms with Gasteiger partial charge in [-0.15, -0.1) is 0 Å². The van der Waals surface area contributed by atoms with Gasteiger partial charge in [0.1, 0.15) is 6.04 Å². The van der Waals surface area contributed by atoms with Crippen molar-refractivity contribution < 1.29 is 19.8 Å². The van der Waals surface area contributed by atoms with Crippen LogP contribution < -0.4 is 22.5 Å². The Morgan fingerprint density at radius 3 is 2.27 bits per heavy atom. The molecule has 122 valence electrons. The molecule has 0 radical (unpaired) electrons. The third kappa shape index (κ3) is 8.38. The lowest BCUT2D eigenvalue weighted by Crippen LogP contribution is -2.34. The van der Waals surface area contributed by atoms with E-state index < -0.39 is 18.0 Å². The number of nitrogens with two attached hydrogens (primary N) is 3. The minimum Gasteiger partial charge on any atom is -0.480 e. The van der Waals surface area contributed by atoms with Crippen LogP contribution in [0, 0.1) is 5.41 Å². The molecule has 0 fully saturated rings. The molecule has 1 atom stereocenters. The van der Waals surface area contributed by atoms with Crippen molar-refractivity contribution in [3.05, 3.63) is 29.8 Å². The van der Waals surface area contributed by atoms with Gasteiger partial charge < -0.3 is 32.7 Å². The lowest BCUT2D eigenvalue weighted by atomic mass is 10.2. The number of nitrogens with one attached hydrogen (secondary N) is 2. The van der Waals surface area contributed by atoms with E-state index in [1.165, 1.54) is 6.07 Å². The molecule has 0 amide bonds. The zero-order valence-electron chi connectivity index (χ0n) is 12.0. The van der Waals surface area contributed by atoms with Crippen molar-refractivity contribution >= 4 is 23.6 Å². The van der Waals surface area contributed by atoms with E-state index in [2.05, 4.69) is 5.32 Å². The van der Waals surface area contributed by atoms with Crippen molar-refractivity contribution in [3.63, 3.8) is 0 Å². The third-order valence-corrected chi connectivity index (χ3v) is 2.52. The number of aliphatic carboxylic acids is 1. The summed E-state index contributed by atoms with van der Waals surface area (Å²) in [5.74, 6) is -2.10. The molecule has 0 aliphatic carbocycles. The molecule has 0 bridgehead atoms. The fourth-order valence-electron chi connectivity index (χ4n) is 1.36. The van der Waals surface area contributed by atoms with E-state index in [4.69, 9.17) is 32.8 Å². The predicted molar refractivity (Wildman–Crippen MR) is 82.6 cm³/mol. The van der Waals surface area contributed by atoms with E-state index in [-0.39, 0.29) is 11.5 Å². The number of rotatable bonds is 6. The summed E-state index contributed by atoms with van der Waals surface area (Å²) in [4.78, 5) is 20.6. The van der Waals surface area contributed by atoms with E-state index in [9.17, 15) is 9.59 Å². The first-order valence-electron chi connectivity index (χ1n) is 6.39. The number of carboxylic acids is 2. The minimum absolute atomic E-state index is 0.112. The zero-order valence-corrected chi connectivity index (χ0v) is 12.0. The Labute approximate surface area is 127 Å². The van der Waals surface area contributed by atoms with Gasteiger partial charge in [0.15, 0.2) is 5.96 Å². The molecule has 0 saturated carbocycles. The highest BCUT2D eigenvalue weighted by atomic mass is 16.4. The van der Waals surface area contributed by atoms with Crippen LogP contribution in [-0.4, -0.2) is 40.7 Å². The maximum atomic E-state index is 10.3. The Balaban J connectivity index is 0.000000406. The topological polar surface area (TPSA) is 189 Å². The van der Waals surface area contributed by atoms with Gasteiger partial charge in [0.2, 0.25) is 0 Å². The van der Waals surface area contributed by atoms with E-state index in [1.54, 1.807) is 18.2 Å². The number of hydrogen-bond acceptors (Lipinski definition) is 5. The van der Waals surface area contributed by atoms with Gasteiger partial charge in [-0.3, -0.25) is 10.2 Å². The van der Waals surface area contributed by atoms with Crippen molar-refractivity contribution in [2.45, 2.75) is 18.9 Å². The van der Waals surface area contributed by atoms with Gasteiger partial charge in [0.25, 0.3) is 0 Å². The smallest absolute Gasteiger partial charge is 0.337 e. The third-order valence-electron chi connectivity index (χ3n) is 2.52. The summed E-state index contributed by atoms with van der Waals surface area (Å²) >= 11 is 0. The fraction of sp³-hybridized carbons (Fsp3) is 0.308. The van der Waals surface area contributed by atoms with Crippen LogP contribution in [0.1, 0.15) is 23.2 Å². The largest absolute Gasteiger partial charge is 0.480 e. The Kier molecular flexibility index (Phi) is 8.72. The quantitative estimate of drug-likeness (QED) is 0.160. The van der Waals surface area contributed by atoms with Gasteiger partial charge in [0, 0.05) is 12.2 Å². The van der Waals surface area contributed by atoms with Crippen LogP contribution in [0.25, 0.3) is 0 Å². The number of carboxylic acid groups (broad SMARTS) is 2. The first-order valence-corrected chi connectivity index (χ1v) is 6.39. The van der Waals surface area contributed by atoms with E-state index in [1.807, 2.05) is 0 Å². The van der Waals surface area contributed by atoms with E-state index >= 15 is 0 Å². The normalized spacial score (nSPS) is 10.8. The SMILES string of the molecule is N=C(N)NCCC[C@H](N)C(=O)O.Nc1ccccc1C(=O)O. The molecule has 1 aromatic rings. The summed E-state index contributed by atoms with van der Waals surface area (Å²) in [5.41, 5.74) is 16.0. The highest BCUT2D eigenvalue weighted by Gasteiger charge is 2.09. The maximum absolute atomic E-state index is 10.3. The number of nitrogen functional groups attached to an aromatic ring is 1. The zero-order chi connectivity index (χ0) is 17.1. The van der Waals surface area contributed by atoms with E-state index in [0.29, 0.717) is 25.1 Å². The van der Waals surface area contributed by atoms with Crippen LogP contribution in [0.5, 0.6) is 0 Å². The summed E-state index contributed by atoms with van der Waals surface area (Å²) in [6.07, 6.45) is 0.975. The average molecular weight is 311 g/mol. The molecule has 0 aliphatic rings. The summed E-state index contributed by atoms with van der Waals surface area (Å²) < 4.78 is 0. The first kappa shape index (κ1) is 19.2. The first-order chi connectivity index (χ1) is 10.3. The summed E-state index contributed by atoms with van der Waals surface area (Å²) in [5, 5.41) is 26.2. The second-order valence-electron chi connectivity index (χ2n) is 4.32. The molecule has 9 heteroatoms. The molecule has 10 N–H and O–H groups in total. The molecule has 1 aromatic carbocycles. The molecule has 0 saturated heterocycles. The molecular weight excluding hydrogens is 290 g/mol. The highest BCUT2D eigenvalue weighted by molar-refractivity contribution is 5.93. The second-order valence-corrected chi connectivity index (χ2v) is 4.32. The molecule has 0 heterocycles. The van der Waals surface area contributed by atoms with Crippen LogP contribution in [0.3, 0.4) is 0 Å². The summed E-state index contributed by atoms with van der Waals surface area (Å²) in [6.45, 7) is 0.482. The average Bonchev–Trinajstić information content (AvgIpc) is 2.44. The monoisotopic (exact) mass is 311 g/mol. The predicted octanol–water partition coefficient (Wildman–Crippen LogP) is -0.371. The van der Waals surface area contributed by atoms with Gasteiger partial charge in [-0.2, -0.15) is 0 Å². The van der Waals surface area contributed by atoms with Crippen molar-refractivity contribution in [2.24, 2.45) is 11.5 Å². The minimum atomic E-state index is -1.00. The summed E-state index contributed by atoms with van der Waals surface area (Å²) in [6, 6.07) is 5.54. The molecule has 0 unspecified atom stereocenters. The van der Waals surface area contributed by atoms with Gasteiger partial charge in [-0.1, -0.05) is 12.1 Å². The molecule has 0 aromatic heterocycles. The summed E-state index contributed by atoms with van der Waals surface area (Å²) in [7, 11) is 0. The second kappa shape index (κ2) is 10.00. The van der Waals surface area contributed by atoms with E-state index in [0.717, 1.165) is 0 Å². The van der Waals surface area contributed by atoms with Gasteiger partial charge in [-0.25, -0.2) is 4.79 Å². The van der Waals surface area contributed by atoms with Crippen LogP contribution in [0.15, 0.2) is 24.3 Å². The van der Waals surface area contributed by atoms with Crippen LogP contribution >= 0.6 is 0 Å². The lowest BCUT2D eigenvalue weighted by Gasteiger charge is -2.06. The maximum Gasteiger partial charge on any atom is 0.337 e. The number of aromatic carboxylic acids is 1. The number of guanidine groups is 1. The van der Waals surface area contributed by atoms with Crippen LogP contribution in [-0.2, 0) is 4.79 Å². The Morgan fingerprint density at radius 1 is 1.27 bits per heavy atom. The van der Waals surface area contributed by atoms with Gasteiger partial charge in [-0.05, 0) is 25.0 Å². The van der Waals surface area contributed by atoms with Crippen LogP contribution in [0.4, 0.5) is 5.69 Å². The molecule has 0 spiro atoms.